The summed E-state index contributed by atoms with van der Waals surface area (Å²) < 4.78 is 5.41. The standard InChI is InChI=1S/C16H22N4O2/c1-12-11-19(15(21)22-16(2,3)4)7-8-20(12)14-6-5-13(9-17)10-18-14/h5-6,10,12H,7-8,11H2,1-4H3. The van der Waals surface area contributed by atoms with E-state index >= 15 is 0 Å². The third-order valence-corrected chi connectivity index (χ3v) is 3.45. The number of ether oxygens (including phenoxy) is 1. The summed E-state index contributed by atoms with van der Waals surface area (Å²) in [5, 5.41) is 8.82. The first-order valence-electron chi connectivity index (χ1n) is 7.41. The van der Waals surface area contributed by atoms with Gasteiger partial charge in [-0.15, -0.1) is 0 Å². The highest BCUT2D eigenvalue weighted by molar-refractivity contribution is 5.68. The van der Waals surface area contributed by atoms with E-state index in [1.165, 1.54) is 0 Å². The number of hydrogen-bond donors (Lipinski definition) is 0. The van der Waals surface area contributed by atoms with Crippen molar-refractivity contribution in [3.05, 3.63) is 23.9 Å². The van der Waals surface area contributed by atoms with Crippen LogP contribution in [0, 0.1) is 11.3 Å². The molecule has 1 aliphatic rings. The summed E-state index contributed by atoms with van der Waals surface area (Å²) in [6, 6.07) is 5.81. The SMILES string of the molecule is CC1CN(C(=O)OC(C)(C)C)CCN1c1ccc(C#N)cn1. The Morgan fingerprint density at radius 3 is 2.64 bits per heavy atom. The van der Waals surface area contributed by atoms with Crippen molar-refractivity contribution in [2.24, 2.45) is 0 Å². The molecule has 1 fully saturated rings. The molecule has 1 aromatic heterocycles. The zero-order chi connectivity index (χ0) is 16.3. The molecular weight excluding hydrogens is 280 g/mol. The molecule has 0 bridgehead atoms. The van der Waals surface area contributed by atoms with Gasteiger partial charge in [-0.3, -0.25) is 0 Å². The maximum atomic E-state index is 12.1. The van der Waals surface area contributed by atoms with Gasteiger partial charge in [0.2, 0.25) is 0 Å². The van der Waals surface area contributed by atoms with Crippen molar-refractivity contribution in [2.75, 3.05) is 24.5 Å². The Morgan fingerprint density at radius 2 is 2.14 bits per heavy atom. The van der Waals surface area contributed by atoms with Crippen LogP contribution in [-0.2, 0) is 4.74 Å². The predicted molar refractivity (Wildman–Crippen MR) is 83.6 cm³/mol. The van der Waals surface area contributed by atoms with Gasteiger partial charge in [0.15, 0.2) is 0 Å². The molecule has 1 amide bonds. The molecule has 6 heteroatoms. The van der Waals surface area contributed by atoms with Gasteiger partial charge < -0.3 is 14.5 Å². The Hall–Kier alpha value is -2.29. The average molecular weight is 302 g/mol. The maximum Gasteiger partial charge on any atom is 0.410 e. The number of nitriles is 1. The van der Waals surface area contributed by atoms with E-state index in [4.69, 9.17) is 10.00 Å². The van der Waals surface area contributed by atoms with Crippen LogP contribution in [0.4, 0.5) is 10.6 Å². The predicted octanol–water partition coefficient (Wildman–Crippen LogP) is 2.40. The molecule has 0 N–H and O–H groups in total. The Labute approximate surface area is 131 Å². The quantitative estimate of drug-likeness (QED) is 0.796. The number of carbonyl (C=O) groups is 1. The van der Waals surface area contributed by atoms with Crippen molar-refractivity contribution in [1.82, 2.24) is 9.88 Å². The zero-order valence-corrected chi connectivity index (χ0v) is 13.5. The van der Waals surface area contributed by atoms with Crippen LogP contribution >= 0.6 is 0 Å². The smallest absolute Gasteiger partial charge is 0.410 e. The first-order valence-corrected chi connectivity index (χ1v) is 7.41. The topological polar surface area (TPSA) is 69.5 Å². The molecule has 118 valence electrons. The lowest BCUT2D eigenvalue weighted by Crippen LogP contribution is -2.54. The fraction of sp³-hybridized carbons (Fsp3) is 0.562. The molecule has 1 atom stereocenters. The summed E-state index contributed by atoms with van der Waals surface area (Å²) in [5.41, 5.74) is 0.0652. The number of rotatable bonds is 1. The molecule has 0 saturated carbocycles. The van der Waals surface area contributed by atoms with Gasteiger partial charge in [0, 0.05) is 31.9 Å². The van der Waals surface area contributed by atoms with Crippen molar-refractivity contribution in [1.29, 1.82) is 5.26 Å². The normalized spacial score (nSPS) is 18.8. The lowest BCUT2D eigenvalue weighted by molar-refractivity contribution is 0.0218. The summed E-state index contributed by atoms with van der Waals surface area (Å²) in [6.45, 7) is 9.54. The number of amides is 1. The second-order valence-corrected chi connectivity index (χ2v) is 6.49. The van der Waals surface area contributed by atoms with Crippen LogP contribution in [0.15, 0.2) is 18.3 Å². The minimum absolute atomic E-state index is 0.140. The molecule has 0 aliphatic carbocycles. The summed E-state index contributed by atoms with van der Waals surface area (Å²) in [6.07, 6.45) is 1.30. The van der Waals surface area contributed by atoms with E-state index in [9.17, 15) is 4.79 Å². The van der Waals surface area contributed by atoms with Gasteiger partial charge in [0.1, 0.15) is 17.5 Å². The molecule has 1 saturated heterocycles. The number of hydrogen-bond acceptors (Lipinski definition) is 5. The van der Waals surface area contributed by atoms with Crippen molar-refractivity contribution < 1.29 is 9.53 Å². The van der Waals surface area contributed by atoms with E-state index < -0.39 is 5.60 Å². The number of pyridine rings is 1. The number of anilines is 1. The van der Waals surface area contributed by atoms with E-state index in [0.29, 0.717) is 25.2 Å². The van der Waals surface area contributed by atoms with Gasteiger partial charge >= 0.3 is 6.09 Å². The van der Waals surface area contributed by atoms with Gasteiger partial charge in [-0.2, -0.15) is 5.26 Å². The van der Waals surface area contributed by atoms with Crippen LogP contribution in [-0.4, -0.2) is 47.3 Å². The third kappa shape index (κ3) is 3.88. The maximum absolute atomic E-state index is 12.1. The van der Waals surface area contributed by atoms with Crippen LogP contribution in [0.25, 0.3) is 0 Å². The first kappa shape index (κ1) is 16.1. The molecule has 0 radical (unpaired) electrons. The molecular formula is C16H22N4O2. The van der Waals surface area contributed by atoms with E-state index in [1.54, 1.807) is 17.2 Å². The van der Waals surface area contributed by atoms with Gasteiger partial charge in [-0.05, 0) is 39.8 Å². The fourth-order valence-corrected chi connectivity index (χ4v) is 2.41. The molecule has 0 spiro atoms. The van der Waals surface area contributed by atoms with Crippen LogP contribution in [0.5, 0.6) is 0 Å². The number of aromatic nitrogens is 1. The van der Waals surface area contributed by atoms with Crippen molar-refractivity contribution >= 4 is 11.9 Å². The number of nitrogens with zero attached hydrogens (tertiary/aromatic N) is 4. The highest BCUT2D eigenvalue weighted by Crippen LogP contribution is 2.20. The fourth-order valence-electron chi connectivity index (χ4n) is 2.41. The molecule has 1 aromatic rings. The van der Waals surface area contributed by atoms with Gasteiger partial charge in [0.25, 0.3) is 0 Å². The summed E-state index contributed by atoms with van der Waals surface area (Å²) in [5.74, 6) is 0.829. The summed E-state index contributed by atoms with van der Waals surface area (Å²) >= 11 is 0. The molecule has 2 rings (SSSR count). The molecule has 6 nitrogen and oxygen atoms in total. The van der Waals surface area contributed by atoms with Crippen molar-refractivity contribution in [3.63, 3.8) is 0 Å². The monoisotopic (exact) mass is 302 g/mol. The van der Waals surface area contributed by atoms with E-state index in [0.717, 1.165) is 5.82 Å². The van der Waals surface area contributed by atoms with Crippen molar-refractivity contribution in [3.8, 4) is 6.07 Å². The average Bonchev–Trinajstić information content (AvgIpc) is 2.45. The summed E-state index contributed by atoms with van der Waals surface area (Å²) in [7, 11) is 0. The minimum Gasteiger partial charge on any atom is -0.444 e. The van der Waals surface area contributed by atoms with Crippen LogP contribution < -0.4 is 4.90 Å². The van der Waals surface area contributed by atoms with E-state index in [1.807, 2.05) is 26.8 Å². The van der Waals surface area contributed by atoms with Crippen LogP contribution in [0.2, 0.25) is 0 Å². The Balaban J connectivity index is 2.00. The second-order valence-electron chi connectivity index (χ2n) is 6.49. The van der Waals surface area contributed by atoms with E-state index in [-0.39, 0.29) is 12.1 Å². The first-order chi connectivity index (χ1) is 10.3. The number of carbonyl (C=O) groups excluding carboxylic acids is 1. The van der Waals surface area contributed by atoms with Crippen LogP contribution in [0.3, 0.4) is 0 Å². The molecule has 1 aliphatic heterocycles. The Morgan fingerprint density at radius 1 is 1.41 bits per heavy atom. The highest BCUT2D eigenvalue weighted by atomic mass is 16.6. The summed E-state index contributed by atoms with van der Waals surface area (Å²) in [4.78, 5) is 20.3. The lowest BCUT2D eigenvalue weighted by Gasteiger charge is -2.40. The molecule has 0 aromatic carbocycles. The Kier molecular flexibility index (Phi) is 4.55. The zero-order valence-electron chi connectivity index (χ0n) is 13.5. The molecule has 1 unspecified atom stereocenters. The highest BCUT2D eigenvalue weighted by Gasteiger charge is 2.30. The Bertz CT molecular complexity index is 571. The lowest BCUT2D eigenvalue weighted by atomic mass is 10.2. The molecule has 2 heterocycles. The van der Waals surface area contributed by atoms with Gasteiger partial charge in [0.05, 0.1) is 5.56 Å². The van der Waals surface area contributed by atoms with E-state index in [2.05, 4.69) is 22.9 Å². The van der Waals surface area contributed by atoms with Gasteiger partial charge in [-0.1, -0.05) is 0 Å². The minimum atomic E-state index is -0.480. The van der Waals surface area contributed by atoms with Crippen LogP contribution in [0.1, 0.15) is 33.3 Å². The number of piperazine rings is 1. The third-order valence-electron chi connectivity index (χ3n) is 3.45. The van der Waals surface area contributed by atoms with Gasteiger partial charge in [-0.25, -0.2) is 9.78 Å². The largest absolute Gasteiger partial charge is 0.444 e. The second kappa shape index (κ2) is 6.22. The molecule has 22 heavy (non-hydrogen) atoms. The van der Waals surface area contributed by atoms with Crippen molar-refractivity contribution in [2.45, 2.75) is 39.3 Å².